The van der Waals surface area contributed by atoms with Crippen molar-refractivity contribution in [2.45, 2.75) is 130 Å². The van der Waals surface area contributed by atoms with Crippen LogP contribution in [0.15, 0.2) is 170 Å². The predicted octanol–water partition coefficient (Wildman–Crippen LogP) is 16.7. The highest BCUT2D eigenvalue weighted by molar-refractivity contribution is 7.00. The summed E-state index contributed by atoms with van der Waals surface area (Å²) in [6, 6.07) is 65.6. The second-order valence-corrected chi connectivity index (χ2v) is 25.0. The van der Waals surface area contributed by atoms with Crippen LogP contribution in [0.5, 0.6) is 0 Å². The molecule has 3 aliphatic rings. The molecule has 356 valence electrons. The third-order valence-corrected chi connectivity index (χ3v) is 16.8. The first-order chi connectivity index (χ1) is 33.6. The average molecular weight is 927 g/mol. The fourth-order valence-electron chi connectivity index (χ4n) is 12.3. The minimum atomic E-state index is -0.229. The zero-order chi connectivity index (χ0) is 50.0. The van der Waals surface area contributed by atoms with Crippen LogP contribution in [0.3, 0.4) is 0 Å². The van der Waals surface area contributed by atoms with Crippen LogP contribution in [-0.4, -0.2) is 6.71 Å². The van der Waals surface area contributed by atoms with Crippen molar-refractivity contribution < 1.29 is 0 Å². The van der Waals surface area contributed by atoms with Gasteiger partial charge in [0, 0.05) is 39.4 Å². The molecular weight excluding hydrogens is 856 g/mol. The number of rotatable bonds is 6. The lowest BCUT2D eigenvalue weighted by Gasteiger charge is -2.48. The fourth-order valence-corrected chi connectivity index (χ4v) is 12.3. The van der Waals surface area contributed by atoms with Gasteiger partial charge < -0.3 is 9.80 Å². The molecule has 8 aromatic carbocycles. The van der Waals surface area contributed by atoms with E-state index in [0.717, 1.165) is 12.8 Å². The normalized spacial score (nSPS) is 15.7. The minimum Gasteiger partial charge on any atom is -0.311 e. The summed E-state index contributed by atoms with van der Waals surface area (Å²) in [5.74, 6) is 0. The molecule has 0 amide bonds. The van der Waals surface area contributed by atoms with Crippen LogP contribution in [0.25, 0.3) is 22.3 Å². The van der Waals surface area contributed by atoms with Gasteiger partial charge >= 0.3 is 0 Å². The number of nitrogens with zero attached hydrogens (tertiary/aromatic N) is 2. The van der Waals surface area contributed by atoms with E-state index in [1.165, 1.54) is 112 Å². The van der Waals surface area contributed by atoms with E-state index in [-0.39, 0.29) is 33.8 Å². The molecule has 3 heteroatoms. The van der Waals surface area contributed by atoms with Crippen molar-refractivity contribution in [1.82, 2.24) is 0 Å². The molecule has 0 saturated carbocycles. The van der Waals surface area contributed by atoms with Crippen LogP contribution in [0.2, 0.25) is 0 Å². The molecule has 0 atom stereocenters. The third kappa shape index (κ3) is 7.78. The molecule has 0 fully saturated rings. The molecule has 71 heavy (non-hydrogen) atoms. The SMILES string of the molecule is Cc1cc2c3c(c1)N(c1ccc(C(C)(C)C)cc1-c1ccccc1-c1ccccc1)c1cc4c(cc1B3c1cc(C(C)(C)c3ccccc3)ccc1N2c1ccc(C(C)(C)C)cc1)C(C)(C)CCC4(C)C. The lowest BCUT2D eigenvalue weighted by molar-refractivity contribution is 0.332. The molecule has 0 N–H and O–H groups in total. The molecule has 2 aliphatic heterocycles. The van der Waals surface area contributed by atoms with Crippen molar-refractivity contribution in [3.05, 3.63) is 209 Å². The minimum absolute atomic E-state index is 0.00971. The molecule has 0 bridgehead atoms. The first-order valence-corrected chi connectivity index (χ1v) is 26.2. The number of hydrogen-bond donors (Lipinski definition) is 0. The number of benzene rings is 8. The van der Waals surface area contributed by atoms with E-state index in [0.29, 0.717) is 0 Å². The highest BCUT2D eigenvalue weighted by atomic mass is 15.2. The van der Waals surface area contributed by atoms with Crippen molar-refractivity contribution in [1.29, 1.82) is 0 Å². The molecule has 2 nitrogen and oxygen atoms in total. The zero-order valence-corrected chi connectivity index (χ0v) is 44.6. The van der Waals surface area contributed by atoms with Gasteiger partial charge in [0.15, 0.2) is 0 Å². The molecule has 0 aromatic heterocycles. The largest absolute Gasteiger partial charge is 0.311 e. The topological polar surface area (TPSA) is 6.48 Å². The summed E-state index contributed by atoms with van der Waals surface area (Å²) in [6.45, 7) is 31.0. The van der Waals surface area contributed by atoms with Gasteiger partial charge in [-0.05, 0) is 162 Å². The van der Waals surface area contributed by atoms with Gasteiger partial charge in [-0.2, -0.15) is 0 Å². The van der Waals surface area contributed by atoms with Gasteiger partial charge in [-0.15, -0.1) is 0 Å². The van der Waals surface area contributed by atoms with Gasteiger partial charge in [0.1, 0.15) is 0 Å². The summed E-state index contributed by atoms with van der Waals surface area (Å²) in [4.78, 5) is 5.29. The Bertz CT molecular complexity index is 3360. The third-order valence-electron chi connectivity index (χ3n) is 16.8. The summed E-state index contributed by atoms with van der Waals surface area (Å²) in [5, 5.41) is 0. The van der Waals surface area contributed by atoms with Crippen molar-refractivity contribution in [3.8, 4) is 22.3 Å². The van der Waals surface area contributed by atoms with Crippen LogP contribution < -0.4 is 26.2 Å². The Morgan fingerprint density at radius 1 is 0.408 bits per heavy atom. The summed E-state index contributed by atoms with van der Waals surface area (Å²) in [7, 11) is 0. The maximum atomic E-state index is 2.70. The predicted molar refractivity (Wildman–Crippen MR) is 307 cm³/mol. The van der Waals surface area contributed by atoms with Gasteiger partial charge in [-0.1, -0.05) is 204 Å². The monoisotopic (exact) mass is 927 g/mol. The van der Waals surface area contributed by atoms with E-state index in [9.17, 15) is 0 Å². The first-order valence-electron chi connectivity index (χ1n) is 26.2. The number of fused-ring (bicyclic) bond motifs is 5. The maximum Gasteiger partial charge on any atom is 0.252 e. The highest BCUT2D eigenvalue weighted by Crippen LogP contribution is 2.53. The van der Waals surface area contributed by atoms with Crippen LogP contribution >= 0.6 is 0 Å². The summed E-state index contributed by atoms with van der Waals surface area (Å²) in [5.41, 5.74) is 25.7. The van der Waals surface area contributed by atoms with Crippen molar-refractivity contribution in [2.24, 2.45) is 0 Å². The molecule has 0 spiro atoms. The Balaban J connectivity index is 1.27. The van der Waals surface area contributed by atoms with Crippen LogP contribution in [0, 0.1) is 6.92 Å². The molecule has 2 heterocycles. The first kappa shape index (κ1) is 46.8. The van der Waals surface area contributed by atoms with Crippen molar-refractivity contribution in [2.75, 3.05) is 9.80 Å². The molecule has 1 aliphatic carbocycles. The molecular formula is C68H71BN2. The molecule has 8 aromatic rings. The van der Waals surface area contributed by atoms with Crippen molar-refractivity contribution in [3.63, 3.8) is 0 Å². The molecule has 11 rings (SSSR count). The summed E-state index contributed by atoms with van der Waals surface area (Å²) < 4.78 is 0. The Morgan fingerprint density at radius 2 is 0.930 bits per heavy atom. The lowest BCUT2D eigenvalue weighted by Crippen LogP contribution is -2.62. The number of anilines is 6. The molecule has 0 saturated heterocycles. The smallest absolute Gasteiger partial charge is 0.252 e. The second-order valence-electron chi connectivity index (χ2n) is 25.0. The lowest BCUT2D eigenvalue weighted by atomic mass is 9.33. The van der Waals surface area contributed by atoms with E-state index in [1.807, 2.05) is 0 Å². The van der Waals surface area contributed by atoms with Gasteiger partial charge in [0.25, 0.3) is 6.71 Å². The summed E-state index contributed by atoms with van der Waals surface area (Å²) >= 11 is 0. The number of aryl methyl sites for hydroxylation is 1. The van der Waals surface area contributed by atoms with E-state index < -0.39 is 0 Å². The van der Waals surface area contributed by atoms with Gasteiger partial charge in [0.2, 0.25) is 0 Å². The highest BCUT2D eigenvalue weighted by Gasteiger charge is 2.47. The quantitative estimate of drug-likeness (QED) is 0.153. The zero-order valence-electron chi connectivity index (χ0n) is 44.6. The number of hydrogen-bond acceptors (Lipinski definition) is 2. The summed E-state index contributed by atoms with van der Waals surface area (Å²) in [6.07, 6.45) is 2.30. The Hall–Kier alpha value is -6.58. The van der Waals surface area contributed by atoms with Crippen LogP contribution in [0.1, 0.15) is 135 Å². The van der Waals surface area contributed by atoms with E-state index in [2.05, 4.69) is 270 Å². The second kappa shape index (κ2) is 16.5. The fraction of sp³-hybridized carbons (Fsp3) is 0.294. The van der Waals surface area contributed by atoms with Crippen LogP contribution in [-0.2, 0) is 27.1 Å². The Kier molecular flexibility index (Phi) is 10.9. The Labute approximate surface area is 425 Å². The van der Waals surface area contributed by atoms with E-state index >= 15 is 0 Å². The molecule has 0 radical (unpaired) electrons. The maximum absolute atomic E-state index is 2.70. The van der Waals surface area contributed by atoms with Crippen LogP contribution in [0.4, 0.5) is 34.1 Å². The van der Waals surface area contributed by atoms with E-state index in [1.54, 1.807) is 0 Å². The van der Waals surface area contributed by atoms with Gasteiger partial charge in [-0.25, -0.2) is 0 Å². The van der Waals surface area contributed by atoms with Crippen molar-refractivity contribution >= 4 is 57.2 Å². The van der Waals surface area contributed by atoms with Gasteiger partial charge in [0.05, 0.1) is 5.69 Å². The Morgan fingerprint density at radius 3 is 1.56 bits per heavy atom. The molecule has 0 unspecified atom stereocenters. The standard InChI is InChI=1S/C68H71BN2/c1-44-38-61-63-62(39-44)71(58-34-30-48(65(5,6)7)40-53(58)52-27-21-20-26-51(52)45-22-16-14-17-23-45)60-43-55-54(66(8,9)36-37-67(55,10)11)42-57(60)69(63)56-41-49(68(12,13)47-24-18-15-19-25-47)31-35-59(56)70(61)50-32-28-46(29-33-50)64(2,3)4/h14-35,38-43H,36-37H2,1-13H3. The van der Waals surface area contributed by atoms with E-state index in [4.69, 9.17) is 0 Å². The average Bonchev–Trinajstić information content (AvgIpc) is 3.34. The van der Waals surface area contributed by atoms with Gasteiger partial charge in [-0.3, -0.25) is 0 Å².